The summed E-state index contributed by atoms with van der Waals surface area (Å²) in [5.41, 5.74) is -0.180. The van der Waals surface area contributed by atoms with E-state index in [2.05, 4.69) is 5.32 Å². The molecule has 1 aliphatic carbocycles. The maximum absolute atomic E-state index is 13.7. The van der Waals surface area contributed by atoms with Gasteiger partial charge in [-0.3, -0.25) is 10.1 Å². The van der Waals surface area contributed by atoms with Crippen LogP contribution in [0.2, 0.25) is 0 Å². The second-order valence-corrected chi connectivity index (χ2v) is 4.70. The molecule has 0 bridgehead atoms. The van der Waals surface area contributed by atoms with Crippen molar-refractivity contribution in [2.45, 2.75) is 19.4 Å². The van der Waals surface area contributed by atoms with Crippen LogP contribution in [0.25, 0.3) is 0 Å². The van der Waals surface area contributed by atoms with Gasteiger partial charge in [0.1, 0.15) is 0 Å². The first kappa shape index (κ1) is 13.9. The summed E-state index contributed by atoms with van der Waals surface area (Å²) in [6, 6.07) is 4.19. The van der Waals surface area contributed by atoms with Crippen molar-refractivity contribution >= 4 is 5.69 Å². The highest BCUT2D eigenvalue weighted by atomic mass is 19.1. The number of benzene rings is 1. The summed E-state index contributed by atoms with van der Waals surface area (Å²) in [6.07, 6.45) is 2.51. The van der Waals surface area contributed by atoms with Crippen LogP contribution >= 0.6 is 0 Å². The van der Waals surface area contributed by atoms with Crippen molar-refractivity contribution in [3.8, 4) is 0 Å². The average molecular weight is 268 g/mol. The van der Waals surface area contributed by atoms with E-state index in [4.69, 9.17) is 4.74 Å². The van der Waals surface area contributed by atoms with Crippen LogP contribution in [-0.4, -0.2) is 24.7 Å². The third kappa shape index (κ3) is 4.25. The molecule has 0 heterocycles. The molecule has 0 radical (unpaired) electrons. The number of nitro groups is 1. The standard InChI is InChI=1S/C13H17FN2O3/c14-13-11(2-1-3-12(13)16(17)18)8-15-6-7-19-9-10-4-5-10/h1-3,10,15H,4-9H2. The first-order valence-corrected chi connectivity index (χ1v) is 6.38. The number of nitrogens with one attached hydrogen (secondary N) is 1. The molecule has 2 rings (SSSR count). The first-order chi connectivity index (χ1) is 9.18. The van der Waals surface area contributed by atoms with E-state index in [1.807, 2.05) is 0 Å². The van der Waals surface area contributed by atoms with Gasteiger partial charge in [0.2, 0.25) is 5.82 Å². The normalized spacial score (nSPS) is 14.6. The van der Waals surface area contributed by atoms with Crippen LogP contribution in [-0.2, 0) is 11.3 Å². The van der Waals surface area contributed by atoms with E-state index in [1.54, 1.807) is 6.07 Å². The predicted octanol–water partition coefficient (Wildman–Crippen LogP) is 2.25. The van der Waals surface area contributed by atoms with Crippen molar-refractivity contribution in [3.63, 3.8) is 0 Å². The molecular weight excluding hydrogens is 251 g/mol. The smallest absolute Gasteiger partial charge is 0.305 e. The minimum absolute atomic E-state index is 0.264. The van der Waals surface area contributed by atoms with Gasteiger partial charge in [-0.15, -0.1) is 0 Å². The molecule has 0 unspecified atom stereocenters. The Balaban J connectivity index is 1.72. The molecular formula is C13H17FN2O3. The minimum Gasteiger partial charge on any atom is -0.380 e. The summed E-state index contributed by atoms with van der Waals surface area (Å²) in [5.74, 6) is -0.0342. The zero-order chi connectivity index (χ0) is 13.7. The Kier molecular flexibility index (Phi) is 4.81. The van der Waals surface area contributed by atoms with Gasteiger partial charge in [-0.25, -0.2) is 0 Å². The number of hydrogen-bond acceptors (Lipinski definition) is 4. The third-order valence-electron chi connectivity index (χ3n) is 3.04. The van der Waals surface area contributed by atoms with Crippen molar-refractivity contribution in [1.29, 1.82) is 0 Å². The van der Waals surface area contributed by atoms with Crippen molar-refractivity contribution in [2.24, 2.45) is 5.92 Å². The SMILES string of the molecule is O=[N+]([O-])c1cccc(CNCCOCC2CC2)c1F. The van der Waals surface area contributed by atoms with Gasteiger partial charge in [0.15, 0.2) is 0 Å². The van der Waals surface area contributed by atoms with Gasteiger partial charge in [-0.05, 0) is 18.8 Å². The van der Waals surface area contributed by atoms with E-state index in [-0.39, 0.29) is 6.54 Å². The Morgan fingerprint density at radius 2 is 2.26 bits per heavy atom. The van der Waals surface area contributed by atoms with Crippen molar-refractivity contribution < 1.29 is 14.1 Å². The van der Waals surface area contributed by atoms with E-state index in [0.29, 0.717) is 18.7 Å². The van der Waals surface area contributed by atoms with Crippen LogP contribution in [0.15, 0.2) is 18.2 Å². The van der Waals surface area contributed by atoms with Gasteiger partial charge in [0.05, 0.1) is 11.5 Å². The molecule has 1 saturated carbocycles. The van der Waals surface area contributed by atoms with Gasteiger partial charge in [0, 0.05) is 31.3 Å². The van der Waals surface area contributed by atoms with Gasteiger partial charge in [-0.1, -0.05) is 12.1 Å². The fraction of sp³-hybridized carbons (Fsp3) is 0.538. The Bertz CT molecular complexity index is 450. The molecule has 1 N–H and O–H groups in total. The number of hydrogen-bond donors (Lipinski definition) is 1. The fourth-order valence-corrected chi connectivity index (χ4v) is 1.75. The number of rotatable bonds is 8. The lowest BCUT2D eigenvalue weighted by Gasteiger charge is -2.07. The van der Waals surface area contributed by atoms with Crippen LogP contribution in [0.4, 0.5) is 10.1 Å². The van der Waals surface area contributed by atoms with Crippen LogP contribution < -0.4 is 5.32 Å². The average Bonchev–Trinajstić information content (AvgIpc) is 3.19. The molecule has 19 heavy (non-hydrogen) atoms. The molecule has 1 fully saturated rings. The van der Waals surface area contributed by atoms with Gasteiger partial charge < -0.3 is 10.1 Å². The number of nitro benzene ring substituents is 1. The summed E-state index contributed by atoms with van der Waals surface area (Å²) in [4.78, 5) is 9.87. The molecule has 1 aromatic rings. The summed E-state index contributed by atoms with van der Waals surface area (Å²) in [7, 11) is 0. The topological polar surface area (TPSA) is 64.4 Å². The van der Waals surface area contributed by atoms with E-state index in [9.17, 15) is 14.5 Å². The van der Waals surface area contributed by atoms with E-state index in [1.165, 1.54) is 18.9 Å². The zero-order valence-electron chi connectivity index (χ0n) is 10.6. The Morgan fingerprint density at radius 1 is 1.47 bits per heavy atom. The lowest BCUT2D eigenvalue weighted by atomic mass is 10.2. The zero-order valence-corrected chi connectivity index (χ0v) is 10.6. The van der Waals surface area contributed by atoms with Crippen molar-refractivity contribution in [2.75, 3.05) is 19.8 Å². The molecule has 0 amide bonds. The molecule has 0 atom stereocenters. The Labute approximate surface area is 110 Å². The van der Waals surface area contributed by atoms with Crippen LogP contribution in [0, 0.1) is 21.8 Å². The highest BCUT2D eigenvalue weighted by Gasteiger charge is 2.21. The lowest BCUT2D eigenvalue weighted by Crippen LogP contribution is -2.20. The van der Waals surface area contributed by atoms with Crippen molar-refractivity contribution in [3.05, 3.63) is 39.7 Å². The second-order valence-electron chi connectivity index (χ2n) is 4.70. The van der Waals surface area contributed by atoms with Crippen molar-refractivity contribution in [1.82, 2.24) is 5.32 Å². The van der Waals surface area contributed by atoms with Crippen LogP contribution in [0.5, 0.6) is 0 Å². The van der Waals surface area contributed by atoms with Gasteiger partial charge in [-0.2, -0.15) is 4.39 Å². The monoisotopic (exact) mass is 268 g/mol. The molecule has 0 saturated heterocycles. The first-order valence-electron chi connectivity index (χ1n) is 6.38. The minimum atomic E-state index is -0.765. The maximum atomic E-state index is 13.7. The molecule has 5 nitrogen and oxygen atoms in total. The highest BCUT2D eigenvalue weighted by Crippen LogP contribution is 2.28. The summed E-state index contributed by atoms with van der Waals surface area (Å²) >= 11 is 0. The summed E-state index contributed by atoms with van der Waals surface area (Å²) < 4.78 is 19.1. The van der Waals surface area contributed by atoms with E-state index >= 15 is 0 Å². The molecule has 0 spiro atoms. The predicted molar refractivity (Wildman–Crippen MR) is 68.3 cm³/mol. The molecule has 6 heteroatoms. The Morgan fingerprint density at radius 3 is 2.95 bits per heavy atom. The maximum Gasteiger partial charge on any atom is 0.305 e. The molecule has 1 aromatic carbocycles. The lowest BCUT2D eigenvalue weighted by molar-refractivity contribution is -0.387. The van der Waals surface area contributed by atoms with Gasteiger partial charge >= 0.3 is 5.69 Å². The number of ether oxygens (including phenoxy) is 1. The second kappa shape index (κ2) is 6.58. The number of nitrogens with zero attached hydrogens (tertiary/aromatic N) is 1. The highest BCUT2D eigenvalue weighted by molar-refractivity contribution is 5.36. The summed E-state index contributed by atoms with van der Waals surface area (Å²) in [5, 5.41) is 13.6. The summed E-state index contributed by atoms with van der Waals surface area (Å²) in [6.45, 7) is 2.25. The van der Waals surface area contributed by atoms with E-state index in [0.717, 1.165) is 18.6 Å². The largest absolute Gasteiger partial charge is 0.380 e. The Hall–Kier alpha value is -1.53. The van der Waals surface area contributed by atoms with Crippen LogP contribution in [0.1, 0.15) is 18.4 Å². The molecule has 1 aliphatic rings. The molecule has 0 aliphatic heterocycles. The number of halogens is 1. The quantitative estimate of drug-likeness (QED) is 0.446. The third-order valence-corrected chi connectivity index (χ3v) is 3.04. The van der Waals surface area contributed by atoms with Gasteiger partial charge in [0.25, 0.3) is 0 Å². The molecule has 0 aromatic heterocycles. The van der Waals surface area contributed by atoms with Crippen LogP contribution in [0.3, 0.4) is 0 Å². The molecule has 104 valence electrons. The fourth-order valence-electron chi connectivity index (χ4n) is 1.75. The van der Waals surface area contributed by atoms with E-state index < -0.39 is 16.4 Å².